The molecular weight excluding hydrogens is 265 g/mol. The Balaban J connectivity index is 2.29. The minimum absolute atomic E-state index is 0.236. The predicted molar refractivity (Wildman–Crippen MR) is 85.7 cm³/mol. The van der Waals surface area contributed by atoms with Crippen LogP contribution in [-0.4, -0.2) is 24.2 Å². The monoisotopic (exact) mass is 287 g/mol. The molecule has 1 N–H and O–H groups in total. The number of benzene rings is 1. The molecule has 0 unspecified atom stereocenters. The summed E-state index contributed by atoms with van der Waals surface area (Å²) >= 11 is 0. The molecule has 1 saturated heterocycles. The van der Waals surface area contributed by atoms with Crippen LogP contribution in [0.2, 0.25) is 0 Å². The summed E-state index contributed by atoms with van der Waals surface area (Å²) in [5.41, 5.74) is 1.87. The number of rotatable bonds is 3. The zero-order valence-corrected chi connectivity index (χ0v) is 13.3. The zero-order valence-electron chi connectivity index (χ0n) is 13.3. The Morgan fingerprint density at radius 2 is 1.76 bits per heavy atom. The van der Waals surface area contributed by atoms with E-state index in [4.69, 9.17) is 9.31 Å². The molecule has 0 atom stereocenters. The van der Waals surface area contributed by atoms with Crippen molar-refractivity contribution in [1.29, 1.82) is 0 Å². The molecule has 0 saturated carbocycles. The van der Waals surface area contributed by atoms with E-state index >= 15 is 0 Å². The van der Waals surface area contributed by atoms with Gasteiger partial charge in [0.25, 0.3) is 0 Å². The van der Waals surface area contributed by atoms with E-state index < -0.39 is 7.12 Å². The number of anilines is 1. The summed E-state index contributed by atoms with van der Waals surface area (Å²) in [5, 5.41) is 2.77. The summed E-state index contributed by atoms with van der Waals surface area (Å²) in [6.07, 6.45) is 1.25. The second-order valence-electron chi connectivity index (χ2n) is 6.41. The molecule has 0 aromatic heterocycles. The van der Waals surface area contributed by atoms with Gasteiger partial charge in [-0.05, 0) is 63.9 Å². The molecule has 0 spiro atoms. The smallest absolute Gasteiger partial charge is 0.399 e. The Morgan fingerprint density at radius 3 is 2.29 bits per heavy atom. The Hall–Kier alpha value is -1.59. The molecule has 1 amide bonds. The minimum Gasteiger partial charge on any atom is -0.399 e. The van der Waals surface area contributed by atoms with Gasteiger partial charge in [0.2, 0.25) is 5.91 Å². The summed E-state index contributed by atoms with van der Waals surface area (Å²) < 4.78 is 12.1. The maximum absolute atomic E-state index is 11.4. The second-order valence-corrected chi connectivity index (χ2v) is 6.41. The molecule has 1 aromatic carbocycles. The Labute approximate surface area is 126 Å². The molecule has 0 aliphatic carbocycles. The molecule has 4 nitrogen and oxygen atoms in total. The van der Waals surface area contributed by atoms with E-state index in [2.05, 4.69) is 11.9 Å². The van der Waals surface area contributed by atoms with Gasteiger partial charge in [0.05, 0.1) is 11.2 Å². The first-order valence-corrected chi connectivity index (χ1v) is 7.05. The van der Waals surface area contributed by atoms with Crippen LogP contribution in [0.25, 0.3) is 0 Å². The Kier molecular flexibility index (Phi) is 4.00. The van der Waals surface area contributed by atoms with Crippen molar-refractivity contribution in [2.24, 2.45) is 0 Å². The van der Waals surface area contributed by atoms with E-state index in [9.17, 15) is 4.79 Å². The molecule has 1 aliphatic heterocycles. The van der Waals surface area contributed by atoms with Gasteiger partial charge >= 0.3 is 7.12 Å². The number of hydrogen-bond acceptors (Lipinski definition) is 3. The molecule has 0 radical (unpaired) electrons. The fraction of sp³-hybridized carbons (Fsp3) is 0.438. The molecule has 5 heteroatoms. The van der Waals surface area contributed by atoms with E-state index in [1.165, 1.54) is 6.08 Å². The van der Waals surface area contributed by atoms with Crippen LogP contribution in [0.1, 0.15) is 33.3 Å². The van der Waals surface area contributed by atoms with Crippen molar-refractivity contribution in [3.8, 4) is 0 Å². The first kappa shape index (κ1) is 15.8. The molecule has 0 bridgehead atoms. The van der Waals surface area contributed by atoms with Crippen molar-refractivity contribution >= 4 is 24.2 Å². The van der Waals surface area contributed by atoms with Gasteiger partial charge in [-0.3, -0.25) is 4.79 Å². The SMILES string of the molecule is C=CC(=O)Nc1cc(C)cc(B2OC(C)(C)C(C)(C)O2)c1. The van der Waals surface area contributed by atoms with Crippen LogP contribution in [0.3, 0.4) is 0 Å². The average Bonchev–Trinajstić information content (AvgIpc) is 2.57. The lowest BCUT2D eigenvalue weighted by atomic mass is 9.78. The highest BCUT2D eigenvalue weighted by molar-refractivity contribution is 6.62. The summed E-state index contributed by atoms with van der Waals surface area (Å²) in [6, 6.07) is 5.78. The molecule has 1 fully saturated rings. The van der Waals surface area contributed by atoms with Gasteiger partial charge in [-0.25, -0.2) is 0 Å². The largest absolute Gasteiger partial charge is 0.494 e. The first-order valence-electron chi connectivity index (χ1n) is 7.05. The van der Waals surface area contributed by atoms with Crippen molar-refractivity contribution in [2.75, 3.05) is 5.32 Å². The van der Waals surface area contributed by atoms with Crippen LogP contribution in [0, 0.1) is 6.92 Å². The van der Waals surface area contributed by atoms with Crippen LogP contribution >= 0.6 is 0 Å². The van der Waals surface area contributed by atoms with Crippen LogP contribution in [-0.2, 0) is 14.1 Å². The number of amides is 1. The van der Waals surface area contributed by atoms with Crippen molar-refractivity contribution < 1.29 is 14.1 Å². The third-order valence-electron chi connectivity index (χ3n) is 4.08. The standard InChI is InChI=1S/C16H22BNO3/c1-7-14(19)18-13-9-11(2)8-12(10-13)17-20-15(3,4)16(5,6)21-17/h7-10H,1H2,2-6H3,(H,18,19). The third kappa shape index (κ3) is 3.19. The minimum atomic E-state index is -0.436. The molecule has 112 valence electrons. The van der Waals surface area contributed by atoms with Gasteiger partial charge in [-0.1, -0.05) is 12.6 Å². The summed E-state index contributed by atoms with van der Waals surface area (Å²) in [7, 11) is -0.436. The number of hydrogen-bond donors (Lipinski definition) is 1. The van der Waals surface area contributed by atoms with Crippen molar-refractivity contribution in [2.45, 2.75) is 45.8 Å². The number of carbonyl (C=O) groups excluding carboxylic acids is 1. The van der Waals surface area contributed by atoms with Gasteiger partial charge in [0.1, 0.15) is 0 Å². The molecule has 1 aromatic rings. The normalized spacial score (nSPS) is 19.4. The number of aryl methyl sites for hydroxylation is 1. The lowest BCUT2D eigenvalue weighted by Gasteiger charge is -2.32. The van der Waals surface area contributed by atoms with Gasteiger partial charge in [-0.2, -0.15) is 0 Å². The van der Waals surface area contributed by atoms with E-state index in [1.807, 2.05) is 52.8 Å². The third-order valence-corrected chi connectivity index (χ3v) is 4.08. The Bertz CT molecular complexity index is 565. The molecule has 2 rings (SSSR count). The van der Waals surface area contributed by atoms with Gasteiger partial charge in [0.15, 0.2) is 0 Å². The fourth-order valence-corrected chi connectivity index (χ4v) is 2.19. The van der Waals surface area contributed by atoms with Gasteiger partial charge < -0.3 is 14.6 Å². The second kappa shape index (κ2) is 5.32. The average molecular weight is 287 g/mol. The fourth-order valence-electron chi connectivity index (χ4n) is 2.19. The van der Waals surface area contributed by atoms with E-state index in [1.54, 1.807) is 0 Å². The highest BCUT2D eigenvalue weighted by atomic mass is 16.7. The van der Waals surface area contributed by atoms with Gasteiger partial charge in [0, 0.05) is 5.69 Å². The molecule has 1 heterocycles. The highest BCUT2D eigenvalue weighted by Gasteiger charge is 2.51. The number of nitrogens with one attached hydrogen (secondary N) is 1. The zero-order chi connectivity index (χ0) is 15.8. The summed E-state index contributed by atoms with van der Waals surface area (Å²) in [5.74, 6) is -0.236. The highest BCUT2D eigenvalue weighted by Crippen LogP contribution is 2.36. The summed E-state index contributed by atoms with van der Waals surface area (Å²) in [6.45, 7) is 13.5. The van der Waals surface area contributed by atoms with E-state index in [0.717, 1.165) is 11.0 Å². The van der Waals surface area contributed by atoms with Crippen LogP contribution < -0.4 is 10.8 Å². The van der Waals surface area contributed by atoms with Crippen LogP contribution in [0.15, 0.2) is 30.9 Å². The summed E-state index contributed by atoms with van der Waals surface area (Å²) in [4.78, 5) is 11.4. The maximum atomic E-state index is 11.4. The molecular formula is C16H22BNO3. The van der Waals surface area contributed by atoms with E-state index in [0.29, 0.717) is 5.69 Å². The lowest BCUT2D eigenvalue weighted by molar-refractivity contribution is -0.111. The quantitative estimate of drug-likeness (QED) is 0.686. The molecule has 1 aliphatic rings. The molecule has 21 heavy (non-hydrogen) atoms. The maximum Gasteiger partial charge on any atom is 0.494 e. The van der Waals surface area contributed by atoms with Crippen LogP contribution in [0.4, 0.5) is 5.69 Å². The van der Waals surface area contributed by atoms with E-state index in [-0.39, 0.29) is 17.1 Å². The first-order chi connectivity index (χ1) is 9.64. The Morgan fingerprint density at radius 1 is 1.19 bits per heavy atom. The lowest BCUT2D eigenvalue weighted by Crippen LogP contribution is -2.41. The topological polar surface area (TPSA) is 47.6 Å². The van der Waals surface area contributed by atoms with Crippen molar-refractivity contribution in [1.82, 2.24) is 0 Å². The van der Waals surface area contributed by atoms with Crippen molar-refractivity contribution in [3.63, 3.8) is 0 Å². The van der Waals surface area contributed by atoms with Crippen LogP contribution in [0.5, 0.6) is 0 Å². The van der Waals surface area contributed by atoms with Gasteiger partial charge in [-0.15, -0.1) is 0 Å². The number of carbonyl (C=O) groups is 1. The van der Waals surface area contributed by atoms with Crippen molar-refractivity contribution in [3.05, 3.63) is 36.4 Å². The predicted octanol–water partition coefficient (Wildman–Crippen LogP) is 2.42.